The largest absolute Gasteiger partial charge is 0.488 e. The minimum absolute atomic E-state index is 0.202. The molecule has 0 saturated carbocycles. The fourth-order valence-corrected chi connectivity index (χ4v) is 5.73. The Kier molecular flexibility index (Phi) is 10.1. The average molecular weight is 592 g/mol. The normalized spacial score (nSPS) is 11.7. The number of carbonyl (C=O) groups excluding carboxylic acids is 1. The van der Waals surface area contributed by atoms with Crippen LogP contribution in [0.3, 0.4) is 0 Å². The van der Waals surface area contributed by atoms with Gasteiger partial charge in [0.2, 0.25) is 0 Å². The summed E-state index contributed by atoms with van der Waals surface area (Å²) in [7, 11) is -0.224. The molecule has 8 heteroatoms. The highest BCUT2D eigenvalue weighted by atomic mass is 35.5. The highest BCUT2D eigenvalue weighted by Gasteiger charge is 2.22. The Bertz CT molecular complexity index is 1500. The number of aryl methyl sites for hydroxylation is 2. The zero-order chi connectivity index (χ0) is 29.5. The number of carbonyl (C=O) groups is 1. The van der Waals surface area contributed by atoms with Crippen LogP contribution in [0.25, 0.3) is 0 Å². The lowest BCUT2D eigenvalue weighted by molar-refractivity contribution is 0.0595. The van der Waals surface area contributed by atoms with Gasteiger partial charge in [-0.2, -0.15) is 0 Å². The van der Waals surface area contributed by atoms with Crippen LogP contribution < -0.4 is 13.8 Å². The Balaban J connectivity index is 1.58. The SMILES string of the molecule is COC(=O)c1cc(N(CC(C)C)S(=O)c2ccc(Oc3cc(C)c(Cl)c(C)c3)cc2)ccc1OCc1ccccc1. The number of hydrogen-bond acceptors (Lipinski definition) is 5. The highest BCUT2D eigenvalue weighted by molar-refractivity contribution is 7.86. The Labute approximate surface area is 249 Å². The van der Waals surface area contributed by atoms with Crippen LogP contribution >= 0.6 is 11.6 Å². The number of ether oxygens (including phenoxy) is 3. The van der Waals surface area contributed by atoms with Crippen molar-refractivity contribution in [2.45, 2.75) is 39.2 Å². The maximum atomic E-state index is 13.9. The van der Waals surface area contributed by atoms with Crippen LogP contribution in [0.1, 0.15) is 40.9 Å². The summed E-state index contributed by atoms with van der Waals surface area (Å²) in [6.45, 7) is 8.77. The molecular formula is C33H34ClNO5S. The molecule has 0 saturated heterocycles. The van der Waals surface area contributed by atoms with Crippen molar-refractivity contribution in [3.05, 3.63) is 112 Å². The van der Waals surface area contributed by atoms with E-state index in [1.165, 1.54) is 7.11 Å². The molecule has 4 aromatic rings. The van der Waals surface area contributed by atoms with E-state index in [9.17, 15) is 9.00 Å². The van der Waals surface area contributed by atoms with Gasteiger partial charge in [0, 0.05) is 11.6 Å². The summed E-state index contributed by atoms with van der Waals surface area (Å²) in [6.07, 6.45) is 0. The van der Waals surface area contributed by atoms with Crippen molar-refractivity contribution in [3.63, 3.8) is 0 Å². The smallest absolute Gasteiger partial charge is 0.341 e. The molecule has 0 fully saturated rings. The predicted octanol–water partition coefficient (Wildman–Crippen LogP) is 8.30. The van der Waals surface area contributed by atoms with Crippen LogP contribution in [0, 0.1) is 19.8 Å². The Morgan fingerprint density at radius 3 is 2.17 bits per heavy atom. The van der Waals surface area contributed by atoms with Crippen LogP contribution in [-0.2, 0) is 22.3 Å². The van der Waals surface area contributed by atoms with Crippen LogP contribution in [0.15, 0.2) is 89.8 Å². The first-order valence-corrected chi connectivity index (χ1v) is 14.8. The number of halogens is 1. The summed E-state index contributed by atoms with van der Waals surface area (Å²) in [6, 6.07) is 25.8. The van der Waals surface area contributed by atoms with Crippen LogP contribution in [0.5, 0.6) is 17.2 Å². The molecule has 0 radical (unpaired) electrons. The number of anilines is 1. The second-order valence-electron chi connectivity index (χ2n) is 10.1. The Morgan fingerprint density at radius 2 is 1.56 bits per heavy atom. The Morgan fingerprint density at radius 1 is 0.902 bits per heavy atom. The van der Waals surface area contributed by atoms with E-state index in [1.54, 1.807) is 40.7 Å². The van der Waals surface area contributed by atoms with Gasteiger partial charge in [-0.25, -0.2) is 9.00 Å². The molecule has 0 amide bonds. The van der Waals surface area contributed by atoms with Crippen LogP contribution in [0.4, 0.5) is 5.69 Å². The van der Waals surface area contributed by atoms with E-state index >= 15 is 0 Å². The number of esters is 1. The van der Waals surface area contributed by atoms with Crippen LogP contribution in [0.2, 0.25) is 5.02 Å². The minimum atomic E-state index is -1.55. The molecule has 1 unspecified atom stereocenters. The van der Waals surface area contributed by atoms with Gasteiger partial charge < -0.3 is 14.2 Å². The summed E-state index contributed by atoms with van der Waals surface area (Å²) in [5.41, 5.74) is 3.74. The third kappa shape index (κ3) is 7.69. The van der Waals surface area contributed by atoms with Crippen molar-refractivity contribution >= 4 is 34.2 Å². The highest BCUT2D eigenvalue weighted by Crippen LogP contribution is 2.32. The fraction of sp³-hybridized carbons (Fsp3) is 0.242. The quantitative estimate of drug-likeness (QED) is 0.164. The molecule has 1 atom stereocenters. The molecular weight excluding hydrogens is 558 g/mol. The van der Waals surface area contributed by atoms with Crippen molar-refractivity contribution in [2.75, 3.05) is 18.0 Å². The summed E-state index contributed by atoms with van der Waals surface area (Å²) in [5, 5.41) is 0.722. The molecule has 4 aromatic carbocycles. The second kappa shape index (κ2) is 13.7. The van der Waals surface area contributed by atoms with E-state index in [-0.39, 0.29) is 11.5 Å². The van der Waals surface area contributed by atoms with Gasteiger partial charge in [0.25, 0.3) is 0 Å². The van der Waals surface area contributed by atoms with Gasteiger partial charge in [0.1, 0.15) is 29.4 Å². The van der Waals surface area contributed by atoms with Crippen LogP contribution in [-0.4, -0.2) is 23.8 Å². The summed E-state index contributed by atoms with van der Waals surface area (Å²) < 4.78 is 32.7. The standard InChI is InChI=1S/C33H34ClNO5S/c1-22(2)20-35(26-11-16-31(30(19-26)33(36)38-5)39-21-25-9-7-6-8-10-25)41(37)29-14-12-27(13-15-29)40-28-17-23(3)32(34)24(4)18-28/h6-19,22H,20-21H2,1-5H3. The van der Waals surface area contributed by atoms with E-state index in [2.05, 4.69) is 13.8 Å². The lowest BCUT2D eigenvalue weighted by Crippen LogP contribution is -2.30. The van der Waals surface area contributed by atoms with E-state index in [4.69, 9.17) is 25.8 Å². The minimum Gasteiger partial charge on any atom is -0.488 e. The molecule has 0 aliphatic rings. The summed E-state index contributed by atoms with van der Waals surface area (Å²) in [4.78, 5) is 13.3. The average Bonchev–Trinajstić information content (AvgIpc) is 2.97. The number of benzene rings is 4. The van der Waals surface area contributed by atoms with E-state index in [1.807, 2.05) is 62.4 Å². The first-order chi connectivity index (χ1) is 19.7. The van der Waals surface area contributed by atoms with Crippen molar-refractivity contribution in [3.8, 4) is 17.2 Å². The van der Waals surface area contributed by atoms with Gasteiger partial charge in [0.15, 0.2) is 11.0 Å². The zero-order valence-corrected chi connectivity index (χ0v) is 25.4. The predicted molar refractivity (Wildman–Crippen MR) is 165 cm³/mol. The third-order valence-corrected chi connectivity index (χ3v) is 8.33. The zero-order valence-electron chi connectivity index (χ0n) is 23.8. The molecule has 0 bridgehead atoms. The van der Waals surface area contributed by atoms with E-state index in [0.29, 0.717) is 41.0 Å². The van der Waals surface area contributed by atoms with E-state index in [0.717, 1.165) is 21.7 Å². The van der Waals surface area contributed by atoms with Gasteiger partial charge in [0.05, 0.1) is 17.7 Å². The molecule has 214 valence electrons. The first-order valence-electron chi connectivity index (χ1n) is 13.3. The summed E-state index contributed by atoms with van der Waals surface area (Å²) in [5.74, 6) is 1.38. The maximum absolute atomic E-state index is 13.9. The van der Waals surface area contributed by atoms with E-state index < -0.39 is 17.0 Å². The molecule has 0 aliphatic carbocycles. The number of methoxy groups -OCH3 is 1. The lowest BCUT2D eigenvalue weighted by Gasteiger charge is -2.26. The van der Waals surface area contributed by atoms with Crippen molar-refractivity contribution < 1.29 is 23.2 Å². The van der Waals surface area contributed by atoms with Gasteiger partial charge in [-0.15, -0.1) is 0 Å². The van der Waals surface area contributed by atoms with Crippen molar-refractivity contribution in [2.24, 2.45) is 5.92 Å². The number of hydrogen-bond donors (Lipinski definition) is 0. The number of rotatable bonds is 11. The molecule has 0 aliphatic heterocycles. The molecule has 41 heavy (non-hydrogen) atoms. The lowest BCUT2D eigenvalue weighted by atomic mass is 10.1. The third-order valence-electron chi connectivity index (χ3n) is 6.30. The maximum Gasteiger partial charge on any atom is 0.341 e. The summed E-state index contributed by atoms with van der Waals surface area (Å²) >= 11 is 6.28. The first kappa shape index (κ1) is 30.2. The molecule has 6 nitrogen and oxygen atoms in total. The molecule has 0 heterocycles. The van der Waals surface area contributed by atoms with Gasteiger partial charge >= 0.3 is 5.97 Å². The molecule has 0 N–H and O–H groups in total. The number of nitrogens with zero attached hydrogens (tertiary/aromatic N) is 1. The Hall–Kier alpha value is -3.81. The fourth-order valence-electron chi connectivity index (χ4n) is 4.26. The van der Waals surface area contributed by atoms with Gasteiger partial charge in [-0.05, 0) is 91.1 Å². The van der Waals surface area contributed by atoms with Gasteiger partial charge in [-0.1, -0.05) is 55.8 Å². The second-order valence-corrected chi connectivity index (χ2v) is 11.9. The molecule has 0 aromatic heterocycles. The van der Waals surface area contributed by atoms with Crippen molar-refractivity contribution in [1.29, 1.82) is 0 Å². The monoisotopic (exact) mass is 591 g/mol. The van der Waals surface area contributed by atoms with Crippen molar-refractivity contribution in [1.82, 2.24) is 0 Å². The molecule has 4 rings (SSSR count). The molecule has 0 spiro atoms. The topological polar surface area (TPSA) is 65.1 Å². The van der Waals surface area contributed by atoms with Gasteiger partial charge in [-0.3, -0.25) is 4.31 Å².